The molecule has 0 saturated heterocycles. The Labute approximate surface area is 90.6 Å². The molecule has 3 rings (SSSR count). The quantitative estimate of drug-likeness (QED) is 0.714. The highest BCUT2D eigenvalue weighted by Gasteiger charge is 2.36. The zero-order valence-corrected chi connectivity index (χ0v) is 9.16. The first-order valence-electron chi connectivity index (χ1n) is 4.82. The highest BCUT2D eigenvalue weighted by molar-refractivity contribution is 9.10. The van der Waals surface area contributed by atoms with Crippen molar-refractivity contribution in [1.29, 1.82) is 0 Å². The number of pyridine rings is 1. The minimum Gasteiger partial charge on any atom is -0.481 e. The van der Waals surface area contributed by atoms with Crippen molar-refractivity contribution in [3.8, 4) is 11.6 Å². The molecule has 1 aliphatic heterocycles. The lowest BCUT2D eigenvalue weighted by atomic mass is 10.2. The van der Waals surface area contributed by atoms with Crippen molar-refractivity contribution < 1.29 is 9.47 Å². The minimum atomic E-state index is 0.219. The molecule has 2 aliphatic rings. The van der Waals surface area contributed by atoms with Crippen LogP contribution in [0.15, 0.2) is 16.7 Å². The number of nitrogens with zero attached hydrogens (tertiary/aromatic N) is 1. The first-order valence-corrected chi connectivity index (χ1v) is 5.61. The maximum Gasteiger partial charge on any atom is 0.257 e. The van der Waals surface area contributed by atoms with Crippen molar-refractivity contribution >= 4 is 15.9 Å². The number of rotatable bonds is 0. The molecule has 2 atom stereocenters. The van der Waals surface area contributed by atoms with Gasteiger partial charge in [0.25, 0.3) is 5.88 Å². The highest BCUT2D eigenvalue weighted by atomic mass is 79.9. The number of hydrogen-bond donors (Lipinski definition) is 0. The van der Waals surface area contributed by atoms with Crippen LogP contribution in [-0.2, 0) is 0 Å². The summed E-state index contributed by atoms with van der Waals surface area (Å²) in [6.45, 7) is 0. The molecule has 0 bridgehead atoms. The molecule has 1 aromatic heterocycles. The lowest BCUT2D eigenvalue weighted by molar-refractivity contribution is 0.0381. The van der Waals surface area contributed by atoms with Crippen LogP contribution in [0.3, 0.4) is 0 Å². The first-order chi connectivity index (χ1) is 6.83. The Kier molecular flexibility index (Phi) is 1.90. The average molecular weight is 256 g/mol. The Morgan fingerprint density at radius 1 is 1.29 bits per heavy atom. The van der Waals surface area contributed by atoms with Crippen molar-refractivity contribution in [2.24, 2.45) is 0 Å². The second-order valence-corrected chi connectivity index (χ2v) is 4.62. The van der Waals surface area contributed by atoms with Gasteiger partial charge in [0, 0.05) is 16.7 Å². The topological polar surface area (TPSA) is 31.4 Å². The summed E-state index contributed by atoms with van der Waals surface area (Å²) in [5, 5.41) is 0. The van der Waals surface area contributed by atoms with Gasteiger partial charge in [-0.1, -0.05) is 0 Å². The van der Waals surface area contributed by atoms with E-state index in [0.29, 0.717) is 5.88 Å². The number of halogens is 1. The van der Waals surface area contributed by atoms with Crippen LogP contribution >= 0.6 is 15.9 Å². The van der Waals surface area contributed by atoms with Crippen LogP contribution in [0.5, 0.6) is 11.6 Å². The molecule has 1 saturated carbocycles. The molecule has 4 heteroatoms. The molecule has 0 aromatic carbocycles. The van der Waals surface area contributed by atoms with Gasteiger partial charge in [-0.05, 0) is 35.2 Å². The third-order valence-electron chi connectivity index (χ3n) is 2.72. The standard InChI is InChI=1S/C10H10BrNO2/c11-6-4-9-10(12-5-6)14-8-3-1-2-7(8)13-9/h4-5,7-8H,1-3H2/t7-,8+/m1/s1. The SMILES string of the molecule is Brc1cnc2c(c1)O[C@@H]1CCC[C@@H]1O2. The molecular weight excluding hydrogens is 246 g/mol. The van der Waals surface area contributed by atoms with Gasteiger partial charge >= 0.3 is 0 Å². The first kappa shape index (κ1) is 8.53. The van der Waals surface area contributed by atoms with E-state index in [1.807, 2.05) is 6.07 Å². The predicted octanol–water partition coefficient (Wildman–Crippen LogP) is 2.54. The van der Waals surface area contributed by atoms with E-state index in [2.05, 4.69) is 20.9 Å². The Bertz CT molecular complexity index is 369. The monoisotopic (exact) mass is 255 g/mol. The van der Waals surface area contributed by atoms with Gasteiger partial charge in [0.1, 0.15) is 12.2 Å². The third-order valence-corrected chi connectivity index (χ3v) is 3.15. The summed E-state index contributed by atoms with van der Waals surface area (Å²) in [5.41, 5.74) is 0. The van der Waals surface area contributed by atoms with Gasteiger partial charge in [-0.3, -0.25) is 0 Å². The number of ether oxygens (including phenoxy) is 2. The zero-order chi connectivity index (χ0) is 9.54. The second kappa shape index (κ2) is 3.12. The molecule has 1 aromatic rings. The van der Waals surface area contributed by atoms with Gasteiger partial charge < -0.3 is 9.47 Å². The van der Waals surface area contributed by atoms with E-state index >= 15 is 0 Å². The van der Waals surface area contributed by atoms with Crippen LogP contribution in [-0.4, -0.2) is 17.2 Å². The van der Waals surface area contributed by atoms with Crippen LogP contribution < -0.4 is 9.47 Å². The summed E-state index contributed by atoms with van der Waals surface area (Å²) in [4.78, 5) is 4.19. The summed E-state index contributed by atoms with van der Waals surface area (Å²) in [6, 6.07) is 1.91. The molecule has 0 amide bonds. The Morgan fingerprint density at radius 2 is 2.07 bits per heavy atom. The summed E-state index contributed by atoms with van der Waals surface area (Å²) in [7, 11) is 0. The van der Waals surface area contributed by atoms with Crippen LogP contribution in [0.25, 0.3) is 0 Å². The molecular formula is C10H10BrNO2. The largest absolute Gasteiger partial charge is 0.481 e. The van der Waals surface area contributed by atoms with Gasteiger partial charge in [-0.25, -0.2) is 4.98 Å². The van der Waals surface area contributed by atoms with Gasteiger partial charge in [0.15, 0.2) is 5.75 Å². The smallest absolute Gasteiger partial charge is 0.257 e. The Hall–Kier alpha value is -0.770. The minimum absolute atomic E-state index is 0.219. The van der Waals surface area contributed by atoms with Crippen LogP contribution in [0.2, 0.25) is 0 Å². The van der Waals surface area contributed by atoms with Gasteiger partial charge in [-0.15, -0.1) is 0 Å². The second-order valence-electron chi connectivity index (χ2n) is 3.70. The van der Waals surface area contributed by atoms with Gasteiger partial charge in [0.05, 0.1) is 0 Å². The average Bonchev–Trinajstić information content (AvgIpc) is 2.61. The van der Waals surface area contributed by atoms with E-state index < -0.39 is 0 Å². The normalized spacial score (nSPS) is 28.6. The van der Waals surface area contributed by atoms with E-state index in [0.717, 1.165) is 23.1 Å². The van der Waals surface area contributed by atoms with Crippen LogP contribution in [0, 0.1) is 0 Å². The van der Waals surface area contributed by atoms with Crippen molar-refractivity contribution in [2.75, 3.05) is 0 Å². The number of aromatic nitrogens is 1. The Morgan fingerprint density at radius 3 is 2.93 bits per heavy atom. The lowest BCUT2D eigenvalue weighted by Crippen LogP contribution is -2.35. The fourth-order valence-electron chi connectivity index (χ4n) is 2.05. The molecule has 3 nitrogen and oxygen atoms in total. The van der Waals surface area contributed by atoms with Gasteiger partial charge in [0.2, 0.25) is 0 Å². The zero-order valence-electron chi connectivity index (χ0n) is 7.57. The highest BCUT2D eigenvalue weighted by Crippen LogP contribution is 2.38. The maximum absolute atomic E-state index is 5.82. The van der Waals surface area contributed by atoms with Crippen molar-refractivity contribution in [3.63, 3.8) is 0 Å². The van der Waals surface area contributed by atoms with E-state index in [1.54, 1.807) is 6.20 Å². The van der Waals surface area contributed by atoms with Crippen molar-refractivity contribution in [2.45, 2.75) is 31.5 Å². The Balaban J connectivity index is 1.97. The summed E-state index contributed by atoms with van der Waals surface area (Å²) >= 11 is 3.36. The van der Waals surface area contributed by atoms with Crippen molar-refractivity contribution in [3.05, 3.63) is 16.7 Å². The molecule has 0 unspecified atom stereocenters. The van der Waals surface area contributed by atoms with Gasteiger partial charge in [-0.2, -0.15) is 0 Å². The fourth-order valence-corrected chi connectivity index (χ4v) is 2.36. The fraction of sp³-hybridized carbons (Fsp3) is 0.500. The third kappa shape index (κ3) is 1.29. The molecule has 1 fully saturated rings. The molecule has 0 radical (unpaired) electrons. The molecule has 0 spiro atoms. The van der Waals surface area contributed by atoms with Crippen molar-refractivity contribution in [1.82, 2.24) is 4.98 Å². The molecule has 74 valence electrons. The van der Waals surface area contributed by atoms with E-state index in [-0.39, 0.29) is 12.2 Å². The molecule has 14 heavy (non-hydrogen) atoms. The molecule has 1 aliphatic carbocycles. The molecule has 2 heterocycles. The summed E-state index contributed by atoms with van der Waals surface area (Å²) in [6.07, 6.45) is 5.55. The number of fused-ring (bicyclic) bond motifs is 2. The van der Waals surface area contributed by atoms with E-state index in [1.165, 1.54) is 6.42 Å². The maximum atomic E-state index is 5.82. The molecule has 0 N–H and O–H groups in total. The predicted molar refractivity (Wildman–Crippen MR) is 54.6 cm³/mol. The van der Waals surface area contributed by atoms with Crippen LogP contribution in [0.1, 0.15) is 19.3 Å². The summed E-state index contributed by atoms with van der Waals surface area (Å²) in [5.74, 6) is 1.40. The lowest BCUT2D eigenvalue weighted by Gasteiger charge is -2.28. The number of hydrogen-bond acceptors (Lipinski definition) is 3. The van der Waals surface area contributed by atoms with E-state index in [4.69, 9.17) is 9.47 Å². The van der Waals surface area contributed by atoms with E-state index in [9.17, 15) is 0 Å². The van der Waals surface area contributed by atoms with Crippen LogP contribution in [0.4, 0.5) is 0 Å². The summed E-state index contributed by atoms with van der Waals surface area (Å²) < 4.78 is 12.5.